The van der Waals surface area contributed by atoms with Crippen LogP contribution >= 0.6 is 0 Å². The molecule has 0 heterocycles. The zero-order valence-electron chi connectivity index (χ0n) is 8.49. The van der Waals surface area contributed by atoms with Gasteiger partial charge in [0.2, 0.25) is 0 Å². The van der Waals surface area contributed by atoms with Gasteiger partial charge in [0.15, 0.2) is 0 Å². The predicted molar refractivity (Wildman–Crippen MR) is 59.3 cm³/mol. The van der Waals surface area contributed by atoms with Gasteiger partial charge in [-0.15, -0.1) is 0 Å². The topological polar surface area (TPSA) is 73.6 Å². The first-order valence-electron chi connectivity index (χ1n) is 4.62. The van der Waals surface area contributed by atoms with Gasteiger partial charge >= 0.3 is 0 Å². The van der Waals surface area contributed by atoms with Crippen LogP contribution in [0.4, 0.5) is 5.69 Å². The van der Waals surface area contributed by atoms with Crippen molar-refractivity contribution in [1.82, 2.24) is 0 Å². The Morgan fingerprint density at radius 1 is 1.20 bits per heavy atom. The molecule has 1 aromatic carbocycles. The molecule has 0 amide bonds. The lowest BCUT2D eigenvalue weighted by molar-refractivity contribution is 1.23. The summed E-state index contributed by atoms with van der Waals surface area (Å²) in [6.07, 6.45) is 0.653. The van der Waals surface area contributed by atoms with Gasteiger partial charge in [0, 0.05) is 5.69 Å². The predicted octanol–water partition coefficient (Wildman–Crippen LogP) is 2.48. The Balaban J connectivity index is 3.27. The Hall–Kier alpha value is -2.26. The standard InChI is InChI=1S/C12H11N3/c1-2-12(10(7-13)8-14)9-3-5-11(15)6-4-9/h3-6H,2,15H2,1H3. The molecule has 74 valence electrons. The summed E-state index contributed by atoms with van der Waals surface area (Å²) in [7, 11) is 0. The summed E-state index contributed by atoms with van der Waals surface area (Å²) < 4.78 is 0. The van der Waals surface area contributed by atoms with Gasteiger partial charge in [-0.2, -0.15) is 10.5 Å². The summed E-state index contributed by atoms with van der Waals surface area (Å²) in [6.45, 7) is 1.92. The van der Waals surface area contributed by atoms with Crippen LogP contribution < -0.4 is 5.73 Å². The van der Waals surface area contributed by atoms with E-state index in [2.05, 4.69) is 0 Å². The number of nitrogens with zero attached hydrogens (tertiary/aromatic N) is 2. The Labute approximate surface area is 89.1 Å². The van der Waals surface area contributed by atoms with Gasteiger partial charge in [-0.1, -0.05) is 19.1 Å². The zero-order valence-corrected chi connectivity index (χ0v) is 8.49. The number of allylic oxidation sites excluding steroid dienone is 2. The lowest BCUT2D eigenvalue weighted by Gasteiger charge is -2.04. The Bertz CT molecular complexity index is 439. The summed E-state index contributed by atoms with van der Waals surface area (Å²) in [5.74, 6) is 0. The minimum Gasteiger partial charge on any atom is -0.399 e. The highest BCUT2D eigenvalue weighted by molar-refractivity contribution is 5.75. The molecule has 15 heavy (non-hydrogen) atoms. The molecule has 0 unspecified atom stereocenters. The molecule has 1 aromatic rings. The van der Waals surface area contributed by atoms with E-state index in [1.165, 1.54) is 0 Å². The highest BCUT2D eigenvalue weighted by Crippen LogP contribution is 2.22. The third-order valence-corrected chi connectivity index (χ3v) is 2.14. The SMILES string of the molecule is CCC(=C(C#N)C#N)c1ccc(N)cc1. The van der Waals surface area contributed by atoms with Crippen molar-refractivity contribution in [2.24, 2.45) is 0 Å². The van der Waals surface area contributed by atoms with Crippen molar-refractivity contribution in [3.63, 3.8) is 0 Å². The minimum absolute atomic E-state index is 0.169. The van der Waals surface area contributed by atoms with Crippen LogP contribution in [-0.2, 0) is 0 Å². The largest absolute Gasteiger partial charge is 0.399 e. The second kappa shape index (κ2) is 4.83. The quantitative estimate of drug-likeness (QED) is 0.584. The molecule has 0 saturated heterocycles. The van der Waals surface area contributed by atoms with Crippen molar-refractivity contribution in [3.8, 4) is 12.1 Å². The van der Waals surface area contributed by atoms with E-state index in [9.17, 15) is 0 Å². The van der Waals surface area contributed by atoms with Crippen LogP contribution in [0.15, 0.2) is 29.8 Å². The molecule has 1 rings (SSSR count). The molecule has 3 nitrogen and oxygen atoms in total. The van der Waals surface area contributed by atoms with Crippen LogP contribution in [0.25, 0.3) is 5.57 Å². The van der Waals surface area contributed by atoms with Crippen molar-refractivity contribution in [2.45, 2.75) is 13.3 Å². The van der Waals surface area contributed by atoms with Gasteiger partial charge in [-0.25, -0.2) is 0 Å². The minimum atomic E-state index is 0.169. The zero-order chi connectivity index (χ0) is 11.3. The second-order valence-electron chi connectivity index (χ2n) is 3.05. The monoisotopic (exact) mass is 197 g/mol. The average molecular weight is 197 g/mol. The first-order chi connectivity index (χ1) is 7.22. The molecule has 0 aromatic heterocycles. The molecule has 0 fully saturated rings. The molecule has 0 aliphatic carbocycles. The maximum atomic E-state index is 8.79. The maximum Gasteiger partial charge on any atom is 0.133 e. The number of nitrogen functional groups attached to an aromatic ring is 1. The smallest absolute Gasteiger partial charge is 0.133 e. The van der Waals surface area contributed by atoms with E-state index in [1.807, 2.05) is 31.2 Å². The van der Waals surface area contributed by atoms with Crippen LogP contribution in [0.5, 0.6) is 0 Å². The molecule has 2 N–H and O–H groups in total. The summed E-state index contributed by atoms with van der Waals surface area (Å²) >= 11 is 0. The Kier molecular flexibility index (Phi) is 3.49. The molecule has 0 bridgehead atoms. The van der Waals surface area contributed by atoms with Gasteiger partial charge in [0.1, 0.15) is 17.7 Å². The van der Waals surface area contributed by atoms with E-state index in [0.717, 1.165) is 11.1 Å². The van der Waals surface area contributed by atoms with Gasteiger partial charge in [0.25, 0.3) is 0 Å². The fourth-order valence-electron chi connectivity index (χ4n) is 1.37. The maximum absolute atomic E-state index is 8.79. The molecular formula is C12H11N3. The van der Waals surface area contributed by atoms with E-state index < -0.39 is 0 Å². The van der Waals surface area contributed by atoms with Crippen molar-refractivity contribution >= 4 is 11.3 Å². The number of rotatable bonds is 2. The molecule has 0 spiro atoms. The molecule has 0 aliphatic rings. The fraction of sp³-hybridized carbons (Fsp3) is 0.167. The van der Waals surface area contributed by atoms with E-state index in [1.54, 1.807) is 12.1 Å². The van der Waals surface area contributed by atoms with E-state index >= 15 is 0 Å². The van der Waals surface area contributed by atoms with E-state index in [4.69, 9.17) is 16.3 Å². The van der Waals surface area contributed by atoms with Crippen molar-refractivity contribution < 1.29 is 0 Å². The molecule has 0 radical (unpaired) electrons. The Morgan fingerprint density at radius 2 is 1.73 bits per heavy atom. The first-order valence-corrected chi connectivity index (χ1v) is 4.62. The van der Waals surface area contributed by atoms with Crippen LogP contribution in [-0.4, -0.2) is 0 Å². The van der Waals surface area contributed by atoms with Crippen molar-refractivity contribution in [2.75, 3.05) is 5.73 Å². The third kappa shape index (κ3) is 2.36. The number of nitriles is 2. The highest BCUT2D eigenvalue weighted by Gasteiger charge is 2.06. The molecule has 0 aliphatic heterocycles. The second-order valence-corrected chi connectivity index (χ2v) is 3.05. The summed E-state index contributed by atoms with van der Waals surface area (Å²) in [5.41, 5.74) is 8.05. The van der Waals surface area contributed by atoms with Crippen LogP contribution in [0.1, 0.15) is 18.9 Å². The lowest BCUT2D eigenvalue weighted by atomic mass is 9.98. The number of benzene rings is 1. The highest BCUT2D eigenvalue weighted by atomic mass is 14.5. The number of anilines is 1. The fourth-order valence-corrected chi connectivity index (χ4v) is 1.37. The first kappa shape index (κ1) is 10.8. The van der Waals surface area contributed by atoms with E-state index in [0.29, 0.717) is 12.1 Å². The molecule has 3 heteroatoms. The lowest BCUT2D eigenvalue weighted by Crippen LogP contribution is -1.90. The number of hydrogen-bond acceptors (Lipinski definition) is 3. The van der Waals surface area contributed by atoms with Gasteiger partial charge < -0.3 is 5.73 Å². The molecule has 0 atom stereocenters. The van der Waals surface area contributed by atoms with Gasteiger partial charge in [-0.05, 0) is 29.7 Å². The molecule has 0 saturated carbocycles. The summed E-state index contributed by atoms with van der Waals surface area (Å²) in [5, 5.41) is 17.6. The van der Waals surface area contributed by atoms with E-state index in [-0.39, 0.29) is 5.57 Å². The van der Waals surface area contributed by atoms with Crippen molar-refractivity contribution in [3.05, 3.63) is 35.4 Å². The van der Waals surface area contributed by atoms with Crippen LogP contribution in [0, 0.1) is 22.7 Å². The number of hydrogen-bond donors (Lipinski definition) is 1. The van der Waals surface area contributed by atoms with Crippen LogP contribution in [0.3, 0.4) is 0 Å². The Morgan fingerprint density at radius 3 is 2.13 bits per heavy atom. The normalized spacial score (nSPS) is 8.73. The van der Waals surface area contributed by atoms with Crippen molar-refractivity contribution in [1.29, 1.82) is 10.5 Å². The van der Waals surface area contributed by atoms with Gasteiger partial charge in [0.05, 0.1) is 0 Å². The third-order valence-electron chi connectivity index (χ3n) is 2.14. The average Bonchev–Trinajstić information content (AvgIpc) is 2.27. The summed E-state index contributed by atoms with van der Waals surface area (Å²) in [6, 6.07) is 11.0. The van der Waals surface area contributed by atoms with Crippen LogP contribution in [0.2, 0.25) is 0 Å². The van der Waals surface area contributed by atoms with Gasteiger partial charge in [-0.3, -0.25) is 0 Å². The molecular weight excluding hydrogens is 186 g/mol. The summed E-state index contributed by atoms with van der Waals surface area (Å²) in [4.78, 5) is 0. The number of nitrogens with two attached hydrogens (primary N) is 1.